The van der Waals surface area contributed by atoms with E-state index in [-0.39, 0.29) is 21.8 Å². The zero-order valence-corrected chi connectivity index (χ0v) is 13.6. The number of alkyl halides is 3. The molecule has 0 aliphatic carbocycles. The summed E-state index contributed by atoms with van der Waals surface area (Å²) in [6.45, 7) is 0. The van der Waals surface area contributed by atoms with Crippen LogP contribution in [0.2, 0.25) is 0 Å². The molecular weight excluding hydrogens is 367 g/mol. The number of non-ortho nitro benzene ring substituents is 1. The van der Waals surface area contributed by atoms with Crippen LogP contribution in [-0.4, -0.2) is 9.91 Å². The van der Waals surface area contributed by atoms with Gasteiger partial charge in [-0.25, -0.2) is 4.98 Å². The molecule has 0 unspecified atom stereocenters. The smallest absolute Gasteiger partial charge is 0.258 e. The van der Waals surface area contributed by atoms with E-state index in [0.29, 0.717) is 10.3 Å². The van der Waals surface area contributed by atoms with Gasteiger partial charge in [0.1, 0.15) is 11.1 Å². The van der Waals surface area contributed by atoms with Gasteiger partial charge < -0.3 is 0 Å². The quantitative estimate of drug-likeness (QED) is 0.354. The third-order valence-electron chi connectivity index (χ3n) is 3.48. The van der Waals surface area contributed by atoms with Crippen molar-refractivity contribution in [2.24, 2.45) is 0 Å². The number of hydrogen-bond acceptors (Lipinski definition) is 5. The number of allylic oxidation sites excluding steroid dienone is 1. The standard InChI is InChI=1S/C17H8F3N3O2S/c18-17(19,20)12-3-6-15-14(8-12)22-16(26-15)11(9-21)7-10-1-4-13(5-2-10)23(24)25/h1-8H. The van der Waals surface area contributed by atoms with E-state index >= 15 is 0 Å². The molecule has 0 atom stereocenters. The maximum Gasteiger partial charge on any atom is 0.416 e. The van der Waals surface area contributed by atoms with E-state index in [1.807, 2.05) is 6.07 Å². The highest BCUT2D eigenvalue weighted by Gasteiger charge is 2.30. The van der Waals surface area contributed by atoms with Crippen LogP contribution < -0.4 is 0 Å². The zero-order valence-electron chi connectivity index (χ0n) is 12.8. The molecule has 0 bridgehead atoms. The van der Waals surface area contributed by atoms with E-state index in [1.54, 1.807) is 0 Å². The first-order valence-corrected chi connectivity index (χ1v) is 7.94. The van der Waals surface area contributed by atoms with Gasteiger partial charge in [0.05, 0.1) is 26.3 Å². The van der Waals surface area contributed by atoms with Crippen molar-refractivity contribution in [2.75, 3.05) is 0 Å². The molecule has 0 N–H and O–H groups in total. The monoisotopic (exact) mass is 375 g/mol. The summed E-state index contributed by atoms with van der Waals surface area (Å²) in [5, 5.41) is 20.3. The van der Waals surface area contributed by atoms with Crippen LogP contribution in [-0.2, 0) is 6.18 Å². The van der Waals surface area contributed by atoms with E-state index in [4.69, 9.17) is 0 Å². The van der Waals surface area contributed by atoms with E-state index in [9.17, 15) is 28.5 Å². The summed E-state index contributed by atoms with van der Waals surface area (Å²) >= 11 is 1.10. The predicted octanol–water partition coefficient (Wildman–Crippen LogP) is 5.29. The first kappa shape index (κ1) is 17.6. The van der Waals surface area contributed by atoms with Crippen LogP contribution in [0.15, 0.2) is 42.5 Å². The number of thiazole rings is 1. The lowest BCUT2D eigenvalue weighted by Gasteiger charge is -2.04. The van der Waals surface area contributed by atoms with Crippen molar-refractivity contribution >= 4 is 38.9 Å². The Hall–Kier alpha value is -3.25. The van der Waals surface area contributed by atoms with Gasteiger partial charge in [-0.1, -0.05) is 0 Å². The number of halogens is 3. The van der Waals surface area contributed by atoms with Crippen molar-refractivity contribution in [1.82, 2.24) is 4.98 Å². The van der Waals surface area contributed by atoms with Gasteiger partial charge in [-0.3, -0.25) is 10.1 Å². The Morgan fingerprint density at radius 3 is 2.50 bits per heavy atom. The molecule has 5 nitrogen and oxygen atoms in total. The second-order valence-electron chi connectivity index (χ2n) is 5.22. The Morgan fingerprint density at radius 2 is 1.92 bits per heavy atom. The summed E-state index contributed by atoms with van der Waals surface area (Å²) in [6.07, 6.45) is -2.99. The molecule has 0 aliphatic heterocycles. The van der Waals surface area contributed by atoms with Crippen LogP contribution in [0.3, 0.4) is 0 Å². The van der Waals surface area contributed by atoms with Crippen LogP contribution in [0.4, 0.5) is 18.9 Å². The van der Waals surface area contributed by atoms with Crippen molar-refractivity contribution in [1.29, 1.82) is 5.26 Å². The highest BCUT2D eigenvalue weighted by molar-refractivity contribution is 7.19. The molecule has 0 saturated carbocycles. The lowest BCUT2D eigenvalue weighted by atomic mass is 10.1. The molecule has 0 spiro atoms. The topological polar surface area (TPSA) is 79.8 Å². The molecule has 0 radical (unpaired) electrons. The molecule has 26 heavy (non-hydrogen) atoms. The van der Waals surface area contributed by atoms with Crippen molar-refractivity contribution in [2.45, 2.75) is 6.18 Å². The molecule has 2 aromatic carbocycles. The SMILES string of the molecule is N#CC(=Cc1ccc([N+](=O)[O-])cc1)c1nc2cc(C(F)(F)F)ccc2s1. The molecule has 1 heterocycles. The number of nitro benzene ring substituents is 1. The lowest BCUT2D eigenvalue weighted by Crippen LogP contribution is -2.03. The van der Waals surface area contributed by atoms with Crippen molar-refractivity contribution in [3.63, 3.8) is 0 Å². The number of fused-ring (bicyclic) bond motifs is 1. The van der Waals surface area contributed by atoms with Gasteiger partial charge in [-0.15, -0.1) is 11.3 Å². The summed E-state index contributed by atoms with van der Waals surface area (Å²) < 4.78 is 38.9. The van der Waals surface area contributed by atoms with E-state index < -0.39 is 16.7 Å². The number of nitrogens with zero attached hydrogens (tertiary/aromatic N) is 3. The molecule has 3 aromatic rings. The lowest BCUT2D eigenvalue weighted by molar-refractivity contribution is -0.384. The Labute approximate surface area is 148 Å². The highest BCUT2D eigenvalue weighted by Crippen LogP contribution is 2.34. The number of benzene rings is 2. The second-order valence-corrected chi connectivity index (χ2v) is 6.25. The van der Waals surface area contributed by atoms with E-state index in [1.165, 1.54) is 36.4 Å². The largest absolute Gasteiger partial charge is 0.416 e. The fraction of sp³-hybridized carbons (Fsp3) is 0.0588. The van der Waals surface area contributed by atoms with Crippen molar-refractivity contribution in [3.8, 4) is 6.07 Å². The van der Waals surface area contributed by atoms with Gasteiger partial charge >= 0.3 is 6.18 Å². The van der Waals surface area contributed by atoms with Crippen LogP contribution in [0, 0.1) is 21.4 Å². The summed E-state index contributed by atoms with van der Waals surface area (Å²) in [7, 11) is 0. The zero-order chi connectivity index (χ0) is 18.9. The Morgan fingerprint density at radius 1 is 1.23 bits per heavy atom. The third-order valence-corrected chi connectivity index (χ3v) is 4.55. The van der Waals surface area contributed by atoms with Crippen LogP contribution in [0.5, 0.6) is 0 Å². The van der Waals surface area contributed by atoms with Crippen LogP contribution in [0.25, 0.3) is 21.9 Å². The second kappa shape index (κ2) is 6.57. The fourth-order valence-corrected chi connectivity index (χ4v) is 3.13. The molecule has 0 fully saturated rings. The van der Waals surface area contributed by atoms with E-state index in [0.717, 1.165) is 23.5 Å². The summed E-state index contributed by atoms with van der Waals surface area (Å²) in [5.74, 6) is 0. The predicted molar refractivity (Wildman–Crippen MR) is 91.2 cm³/mol. The average Bonchev–Trinajstić information content (AvgIpc) is 3.02. The number of rotatable bonds is 3. The normalized spacial score (nSPS) is 12.2. The van der Waals surface area contributed by atoms with Crippen molar-refractivity contribution < 1.29 is 18.1 Å². The summed E-state index contributed by atoms with van der Waals surface area (Å²) in [6, 6.07) is 10.7. The molecule has 130 valence electrons. The van der Waals surface area contributed by atoms with Gasteiger partial charge in [0.25, 0.3) is 5.69 Å². The van der Waals surface area contributed by atoms with Crippen molar-refractivity contribution in [3.05, 3.63) is 68.7 Å². The molecular formula is C17H8F3N3O2S. The minimum atomic E-state index is -4.47. The first-order chi connectivity index (χ1) is 12.3. The number of nitriles is 1. The maximum absolute atomic E-state index is 12.8. The summed E-state index contributed by atoms with van der Waals surface area (Å²) in [4.78, 5) is 14.2. The molecule has 0 saturated heterocycles. The Balaban J connectivity index is 1.99. The van der Waals surface area contributed by atoms with Crippen LogP contribution >= 0.6 is 11.3 Å². The van der Waals surface area contributed by atoms with Gasteiger partial charge in [0.2, 0.25) is 0 Å². The number of aromatic nitrogens is 1. The molecule has 0 amide bonds. The summed E-state index contributed by atoms with van der Waals surface area (Å²) in [5.41, 5.74) is -0.0271. The minimum absolute atomic E-state index is 0.0830. The van der Waals surface area contributed by atoms with Gasteiger partial charge in [0, 0.05) is 12.1 Å². The highest BCUT2D eigenvalue weighted by atomic mass is 32.1. The number of hydrogen-bond donors (Lipinski definition) is 0. The molecule has 3 rings (SSSR count). The molecule has 0 aliphatic rings. The first-order valence-electron chi connectivity index (χ1n) is 7.12. The fourth-order valence-electron chi connectivity index (χ4n) is 2.22. The molecule has 9 heteroatoms. The van der Waals surface area contributed by atoms with Gasteiger partial charge in [-0.2, -0.15) is 18.4 Å². The Kier molecular flexibility index (Phi) is 4.44. The third kappa shape index (κ3) is 3.55. The van der Waals surface area contributed by atoms with Gasteiger partial charge in [0.15, 0.2) is 0 Å². The maximum atomic E-state index is 12.8. The molecule has 1 aromatic heterocycles. The van der Waals surface area contributed by atoms with Gasteiger partial charge in [-0.05, 0) is 42.0 Å². The minimum Gasteiger partial charge on any atom is -0.258 e. The average molecular weight is 375 g/mol. The number of nitro groups is 1. The Bertz CT molecular complexity index is 1060. The van der Waals surface area contributed by atoms with Crippen LogP contribution in [0.1, 0.15) is 16.1 Å². The van der Waals surface area contributed by atoms with E-state index in [2.05, 4.69) is 4.98 Å².